The maximum atomic E-state index is 10.9. The van der Waals surface area contributed by atoms with Crippen molar-refractivity contribution in [3.05, 3.63) is 0 Å². The number of hydrogen-bond donors (Lipinski definition) is 0. The minimum atomic E-state index is -3.75. The minimum absolute atomic E-state index is 0.169. The lowest BCUT2D eigenvalue weighted by Crippen LogP contribution is -2.13. The van der Waals surface area contributed by atoms with Crippen molar-refractivity contribution in [1.29, 1.82) is 0 Å². The van der Waals surface area contributed by atoms with E-state index in [0.717, 1.165) is 0 Å². The van der Waals surface area contributed by atoms with Crippen molar-refractivity contribution in [2.24, 2.45) is 0 Å². The molecule has 0 bridgehead atoms. The Morgan fingerprint density at radius 3 is 1.69 bits per heavy atom. The van der Waals surface area contributed by atoms with Gasteiger partial charge in [0.1, 0.15) is 0 Å². The van der Waals surface area contributed by atoms with E-state index in [4.69, 9.17) is 0 Å². The summed E-state index contributed by atoms with van der Waals surface area (Å²) in [7, 11) is -3.75. The van der Waals surface area contributed by atoms with E-state index < -0.39 is 10.4 Å². The van der Waals surface area contributed by atoms with E-state index >= 15 is 0 Å². The Balaban J connectivity index is 3.55. The average molecular weight is 246 g/mol. The summed E-state index contributed by atoms with van der Waals surface area (Å²) < 4.78 is 30.9. The number of thioether (sulfide) groups is 2. The van der Waals surface area contributed by atoms with Gasteiger partial charge in [-0.3, -0.25) is 0 Å². The molecule has 7 heteroatoms. The number of rotatable bonds is 8. The quantitative estimate of drug-likeness (QED) is 0.595. The van der Waals surface area contributed by atoms with Gasteiger partial charge in [-0.15, -0.1) is 0 Å². The first kappa shape index (κ1) is 13.6. The van der Waals surface area contributed by atoms with E-state index in [9.17, 15) is 8.42 Å². The average Bonchev–Trinajstić information content (AvgIpc) is 2.05. The molecule has 0 aromatic heterocycles. The summed E-state index contributed by atoms with van der Waals surface area (Å²) in [6, 6.07) is 0. The summed E-state index contributed by atoms with van der Waals surface area (Å²) in [5.41, 5.74) is 0. The molecule has 0 aliphatic carbocycles. The van der Waals surface area contributed by atoms with Crippen LogP contribution in [-0.2, 0) is 18.8 Å². The largest absolute Gasteiger partial charge is 0.399 e. The van der Waals surface area contributed by atoms with Gasteiger partial charge in [0, 0.05) is 11.5 Å². The maximum Gasteiger partial charge on any atom is 0.399 e. The molecule has 0 radical (unpaired) electrons. The van der Waals surface area contributed by atoms with Crippen LogP contribution < -0.4 is 0 Å². The fourth-order valence-corrected chi connectivity index (χ4v) is 1.83. The highest BCUT2D eigenvalue weighted by molar-refractivity contribution is 7.98. The molecule has 13 heavy (non-hydrogen) atoms. The zero-order valence-corrected chi connectivity index (χ0v) is 10.1. The Morgan fingerprint density at radius 2 is 1.38 bits per heavy atom. The molecule has 0 fully saturated rings. The van der Waals surface area contributed by atoms with Crippen molar-refractivity contribution in [2.45, 2.75) is 0 Å². The highest BCUT2D eigenvalue weighted by Gasteiger charge is 2.10. The molecule has 4 nitrogen and oxygen atoms in total. The lowest BCUT2D eigenvalue weighted by molar-refractivity contribution is 0.233. The lowest BCUT2D eigenvalue weighted by atomic mass is 10.9. The van der Waals surface area contributed by atoms with E-state index in [-0.39, 0.29) is 13.2 Å². The standard InChI is InChI=1S/C6H14O4S3/c1-11-5-3-9-13(7,8)10-4-6-12-2/h3-6H2,1-2H3. The SMILES string of the molecule is CSCCOS(=O)(=O)OCCSC. The molecule has 0 N–H and O–H groups in total. The molecule has 0 aromatic rings. The van der Waals surface area contributed by atoms with Gasteiger partial charge in [-0.2, -0.15) is 31.9 Å². The Hall–Kier alpha value is 0.570. The van der Waals surface area contributed by atoms with Gasteiger partial charge in [0.05, 0.1) is 13.2 Å². The molecule has 80 valence electrons. The minimum Gasteiger partial charge on any atom is -0.247 e. The van der Waals surface area contributed by atoms with E-state index in [1.54, 1.807) is 0 Å². The van der Waals surface area contributed by atoms with E-state index in [1.165, 1.54) is 23.5 Å². The second-order valence-corrected chi connectivity index (χ2v) is 5.30. The molecule has 0 rings (SSSR count). The van der Waals surface area contributed by atoms with Crippen molar-refractivity contribution in [3.8, 4) is 0 Å². The summed E-state index contributed by atoms with van der Waals surface area (Å²) in [5, 5.41) is 0. The molecule has 0 saturated carbocycles. The van der Waals surface area contributed by atoms with E-state index in [1.807, 2.05) is 12.5 Å². The first-order valence-electron chi connectivity index (χ1n) is 3.64. The molecule has 0 unspecified atom stereocenters. The van der Waals surface area contributed by atoms with Crippen LogP contribution >= 0.6 is 23.5 Å². The summed E-state index contributed by atoms with van der Waals surface area (Å²) >= 11 is 3.04. The van der Waals surface area contributed by atoms with Crippen LogP contribution in [0.15, 0.2) is 0 Å². The first-order chi connectivity index (χ1) is 6.12. The molecular weight excluding hydrogens is 232 g/mol. The smallest absolute Gasteiger partial charge is 0.247 e. The molecule has 0 aliphatic heterocycles. The Labute approximate surface area is 88.1 Å². The Morgan fingerprint density at radius 1 is 1.00 bits per heavy atom. The van der Waals surface area contributed by atoms with E-state index in [2.05, 4.69) is 8.37 Å². The Bertz CT molecular complexity index is 186. The summed E-state index contributed by atoms with van der Waals surface area (Å²) in [6.07, 6.45) is 3.76. The maximum absolute atomic E-state index is 10.9. The molecule has 0 amide bonds. The zero-order valence-electron chi connectivity index (χ0n) is 7.69. The van der Waals surface area contributed by atoms with Gasteiger partial charge < -0.3 is 0 Å². The molecule has 0 saturated heterocycles. The highest BCUT2D eigenvalue weighted by Crippen LogP contribution is 2.00. The third-order valence-electron chi connectivity index (χ3n) is 1.03. The van der Waals surface area contributed by atoms with Crippen LogP contribution in [-0.4, -0.2) is 45.6 Å². The summed E-state index contributed by atoms with van der Waals surface area (Å²) in [5.74, 6) is 1.29. The third-order valence-corrected chi connectivity index (χ3v) is 3.09. The van der Waals surface area contributed by atoms with Crippen LogP contribution in [0.5, 0.6) is 0 Å². The normalized spacial score (nSPS) is 11.8. The van der Waals surface area contributed by atoms with Gasteiger partial charge in [-0.1, -0.05) is 0 Å². The molecule has 0 spiro atoms. The van der Waals surface area contributed by atoms with Crippen LogP contribution in [0.2, 0.25) is 0 Å². The molecule has 0 aliphatic rings. The second-order valence-electron chi connectivity index (χ2n) is 2.04. The van der Waals surface area contributed by atoms with Crippen molar-refractivity contribution in [1.82, 2.24) is 0 Å². The summed E-state index contributed by atoms with van der Waals surface area (Å²) in [4.78, 5) is 0. The summed E-state index contributed by atoms with van der Waals surface area (Å²) in [6.45, 7) is 0.339. The predicted molar refractivity (Wildman–Crippen MR) is 57.6 cm³/mol. The van der Waals surface area contributed by atoms with Gasteiger partial charge in [0.15, 0.2) is 0 Å². The molecule has 0 heterocycles. The van der Waals surface area contributed by atoms with Crippen molar-refractivity contribution < 1.29 is 16.8 Å². The van der Waals surface area contributed by atoms with Crippen LogP contribution in [0.25, 0.3) is 0 Å². The van der Waals surface area contributed by atoms with Gasteiger partial charge in [0.2, 0.25) is 0 Å². The lowest BCUT2D eigenvalue weighted by Gasteiger charge is -2.03. The van der Waals surface area contributed by atoms with Gasteiger partial charge >= 0.3 is 10.4 Å². The van der Waals surface area contributed by atoms with E-state index in [0.29, 0.717) is 11.5 Å². The zero-order chi connectivity index (χ0) is 10.2. The first-order valence-corrected chi connectivity index (χ1v) is 7.76. The van der Waals surface area contributed by atoms with Crippen molar-refractivity contribution in [3.63, 3.8) is 0 Å². The monoisotopic (exact) mass is 246 g/mol. The van der Waals surface area contributed by atoms with Gasteiger partial charge in [-0.05, 0) is 12.5 Å². The van der Waals surface area contributed by atoms with Crippen LogP contribution in [0.1, 0.15) is 0 Å². The van der Waals surface area contributed by atoms with Gasteiger partial charge in [-0.25, -0.2) is 8.37 Å². The Kier molecular flexibility index (Phi) is 8.27. The van der Waals surface area contributed by atoms with Crippen LogP contribution in [0.4, 0.5) is 0 Å². The second kappa shape index (κ2) is 7.93. The van der Waals surface area contributed by atoms with Crippen molar-refractivity contribution >= 4 is 33.9 Å². The number of hydrogen-bond acceptors (Lipinski definition) is 6. The van der Waals surface area contributed by atoms with Crippen LogP contribution in [0.3, 0.4) is 0 Å². The fourth-order valence-electron chi connectivity index (χ4n) is 0.473. The molecule has 0 aromatic carbocycles. The third kappa shape index (κ3) is 8.89. The van der Waals surface area contributed by atoms with Crippen molar-refractivity contribution in [2.75, 3.05) is 37.2 Å². The molecule has 0 atom stereocenters. The van der Waals surface area contributed by atoms with Gasteiger partial charge in [0.25, 0.3) is 0 Å². The molecular formula is C6H14O4S3. The fraction of sp³-hybridized carbons (Fsp3) is 1.00. The predicted octanol–water partition coefficient (Wildman–Crippen LogP) is 0.990. The highest BCUT2D eigenvalue weighted by atomic mass is 32.3. The van der Waals surface area contributed by atoms with Crippen LogP contribution in [0, 0.1) is 0 Å². The topological polar surface area (TPSA) is 52.6 Å².